The van der Waals surface area contributed by atoms with Crippen molar-refractivity contribution >= 4 is 16.9 Å². The molecule has 3 aromatic rings. The van der Waals surface area contributed by atoms with E-state index < -0.39 is 0 Å². The van der Waals surface area contributed by atoms with E-state index in [9.17, 15) is 4.79 Å². The number of imidazole rings is 1. The first-order valence-electron chi connectivity index (χ1n) is 8.43. The summed E-state index contributed by atoms with van der Waals surface area (Å²) in [5.74, 6) is 1.08. The third-order valence-corrected chi connectivity index (χ3v) is 4.17. The molecule has 0 atom stereocenters. The van der Waals surface area contributed by atoms with Crippen molar-refractivity contribution < 1.29 is 4.79 Å². The van der Waals surface area contributed by atoms with E-state index in [1.165, 1.54) is 5.56 Å². The molecule has 0 saturated carbocycles. The number of hydrogen-bond donors (Lipinski definition) is 1. The SMILES string of the molecule is CCn1c(CCNC(=O)Cc2cccc(C)c2)nc2ccccc21. The summed E-state index contributed by atoms with van der Waals surface area (Å²) in [6.07, 6.45) is 1.16. The summed E-state index contributed by atoms with van der Waals surface area (Å²) in [5.41, 5.74) is 4.40. The van der Waals surface area contributed by atoms with E-state index in [1.54, 1.807) is 0 Å². The number of nitrogens with zero attached hydrogens (tertiary/aromatic N) is 2. The Labute approximate surface area is 142 Å². The van der Waals surface area contributed by atoms with Crippen LogP contribution >= 0.6 is 0 Å². The molecule has 124 valence electrons. The first-order chi connectivity index (χ1) is 11.7. The van der Waals surface area contributed by atoms with Gasteiger partial charge in [-0.15, -0.1) is 0 Å². The van der Waals surface area contributed by atoms with Crippen molar-refractivity contribution in [2.45, 2.75) is 33.2 Å². The number of nitrogens with one attached hydrogen (secondary N) is 1. The molecular weight excluding hydrogens is 298 g/mol. The van der Waals surface area contributed by atoms with Gasteiger partial charge in [-0.3, -0.25) is 4.79 Å². The summed E-state index contributed by atoms with van der Waals surface area (Å²) in [6, 6.07) is 16.2. The van der Waals surface area contributed by atoms with Gasteiger partial charge in [0.2, 0.25) is 5.91 Å². The summed E-state index contributed by atoms with van der Waals surface area (Å²) in [6.45, 7) is 5.64. The predicted octanol–water partition coefficient (Wildman–Crippen LogP) is 3.27. The van der Waals surface area contributed by atoms with E-state index in [-0.39, 0.29) is 5.91 Å². The van der Waals surface area contributed by atoms with Crippen LogP contribution in [0, 0.1) is 6.92 Å². The zero-order chi connectivity index (χ0) is 16.9. The topological polar surface area (TPSA) is 46.9 Å². The lowest BCUT2D eigenvalue weighted by molar-refractivity contribution is -0.120. The number of hydrogen-bond acceptors (Lipinski definition) is 2. The Balaban J connectivity index is 1.59. The lowest BCUT2D eigenvalue weighted by atomic mass is 10.1. The smallest absolute Gasteiger partial charge is 0.224 e. The second kappa shape index (κ2) is 7.30. The minimum Gasteiger partial charge on any atom is -0.355 e. The van der Waals surface area contributed by atoms with E-state index in [0.717, 1.165) is 35.4 Å². The number of rotatable bonds is 6. The molecule has 0 aliphatic rings. The molecule has 3 rings (SSSR count). The van der Waals surface area contributed by atoms with Gasteiger partial charge in [0.1, 0.15) is 5.82 Å². The highest BCUT2D eigenvalue weighted by atomic mass is 16.1. The standard InChI is InChI=1S/C20H23N3O/c1-3-23-18-10-5-4-9-17(18)22-19(23)11-12-21-20(24)14-16-8-6-7-15(2)13-16/h4-10,13H,3,11-12,14H2,1-2H3,(H,21,24). The zero-order valence-corrected chi connectivity index (χ0v) is 14.2. The van der Waals surface area contributed by atoms with E-state index >= 15 is 0 Å². The fourth-order valence-electron chi connectivity index (χ4n) is 3.05. The normalized spacial score (nSPS) is 10.9. The second-order valence-electron chi connectivity index (χ2n) is 6.03. The Morgan fingerprint density at radius 3 is 2.79 bits per heavy atom. The van der Waals surface area contributed by atoms with E-state index in [4.69, 9.17) is 0 Å². The molecule has 2 aromatic carbocycles. The summed E-state index contributed by atoms with van der Waals surface area (Å²) in [7, 11) is 0. The van der Waals surface area contributed by atoms with Crippen LogP contribution in [0.15, 0.2) is 48.5 Å². The van der Waals surface area contributed by atoms with E-state index in [2.05, 4.69) is 33.9 Å². The van der Waals surface area contributed by atoms with Gasteiger partial charge in [0.25, 0.3) is 0 Å². The fourth-order valence-corrected chi connectivity index (χ4v) is 3.05. The second-order valence-corrected chi connectivity index (χ2v) is 6.03. The predicted molar refractivity (Wildman–Crippen MR) is 97.0 cm³/mol. The van der Waals surface area contributed by atoms with Gasteiger partial charge < -0.3 is 9.88 Å². The molecule has 0 aliphatic carbocycles. The lowest BCUT2D eigenvalue weighted by Crippen LogP contribution is -2.28. The van der Waals surface area contributed by atoms with Gasteiger partial charge in [-0.25, -0.2) is 4.98 Å². The summed E-state index contributed by atoms with van der Waals surface area (Å²) < 4.78 is 2.21. The monoisotopic (exact) mass is 321 g/mol. The summed E-state index contributed by atoms with van der Waals surface area (Å²) in [5, 5.41) is 3.00. The number of fused-ring (bicyclic) bond motifs is 1. The molecule has 1 heterocycles. The first kappa shape index (κ1) is 16.2. The highest BCUT2D eigenvalue weighted by Gasteiger charge is 2.09. The minimum absolute atomic E-state index is 0.0553. The van der Waals surface area contributed by atoms with Crippen LogP contribution in [-0.4, -0.2) is 22.0 Å². The molecule has 0 unspecified atom stereocenters. The molecule has 1 aromatic heterocycles. The summed E-state index contributed by atoms with van der Waals surface area (Å²) >= 11 is 0. The van der Waals surface area contributed by atoms with Gasteiger partial charge >= 0.3 is 0 Å². The van der Waals surface area contributed by atoms with Crippen LogP contribution in [0.2, 0.25) is 0 Å². The molecule has 4 nitrogen and oxygen atoms in total. The van der Waals surface area contributed by atoms with Crippen LogP contribution in [-0.2, 0) is 24.2 Å². The fraction of sp³-hybridized carbons (Fsp3) is 0.300. The van der Waals surface area contributed by atoms with Gasteiger partial charge in [-0.2, -0.15) is 0 Å². The first-order valence-corrected chi connectivity index (χ1v) is 8.43. The van der Waals surface area contributed by atoms with Crippen LogP contribution in [0.3, 0.4) is 0 Å². The van der Waals surface area contributed by atoms with Crippen molar-refractivity contribution in [2.75, 3.05) is 6.54 Å². The highest BCUT2D eigenvalue weighted by Crippen LogP contribution is 2.16. The molecule has 4 heteroatoms. The largest absolute Gasteiger partial charge is 0.355 e. The van der Waals surface area contributed by atoms with Crippen molar-refractivity contribution in [3.05, 3.63) is 65.5 Å². The van der Waals surface area contributed by atoms with Crippen LogP contribution in [0.4, 0.5) is 0 Å². The Bertz CT molecular complexity index is 851. The Kier molecular flexibility index (Phi) is 4.94. The minimum atomic E-state index is 0.0553. The molecule has 0 fully saturated rings. The number of carbonyl (C=O) groups excluding carboxylic acids is 1. The lowest BCUT2D eigenvalue weighted by Gasteiger charge is -2.08. The number of para-hydroxylation sites is 2. The molecule has 0 radical (unpaired) electrons. The maximum absolute atomic E-state index is 12.1. The van der Waals surface area contributed by atoms with Crippen molar-refractivity contribution in [2.24, 2.45) is 0 Å². The van der Waals surface area contributed by atoms with Crippen LogP contribution < -0.4 is 5.32 Å². The van der Waals surface area contributed by atoms with Crippen LogP contribution in [0.1, 0.15) is 23.9 Å². The van der Waals surface area contributed by atoms with E-state index in [0.29, 0.717) is 13.0 Å². The molecule has 24 heavy (non-hydrogen) atoms. The molecule has 1 amide bonds. The van der Waals surface area contributed by atoms with Crippen molar-refractivity contribution in [1.29, 1.82) is 0 Å². The van der Waals surface area contributed by atoms with Crippen molar-refractivity contribution in [1.82, 2.24) is 14.9 Å². The van der Waals surface area contributed by atoms with Crippen LogP contribution in [0.25, 0.3) is 11.0 Å². The molecule has 1 N–H and O–H groups in total. The Hall–Kier alpha value is -2.62. The quantitative estimate of drug-likeness (QED) is 0.757. The number of aromatic nitrogens is 2. The van der Waals surface area contributed by atoms with Gasteiger partial charge in [0.15, 0.2) is 0 Å². The van der Waals surface area contributed by atoms with Gasteiger partial charge in [-0.05, 0) is 31.5 Å². The van der Waals surface area contributed by atoms with Crippen molar-refractivity contribution in [3.63, 3.8) is 0 Å². The molecule has 0 bridgehead atoms. The third kappa shape index (κ3) is 3.65. The molecular formula is C20H23N3O. The number of carbonyl (C=O) groups is 1. The number of amides is 1. The van der Waals surface area contributed by atoms with E-state index in [1.807, 2.05) is 43.3 Å². The average Bonchev–Trinajstić information content (AvgIpc) is 2.92. The molecule has 0 spiro atoms. The highest BCUT2D eigenvalue weighted by molar-refractivity contribution is 5.78. The van der Waals surface area contributed by atoms with Gasteiger partial charge in [-0.1, -0.05) is 42.0 Å². The van der Waals surface area contributed by atoms with Gasteiger partial charge in [0, 0.05) is 19.5 Å². The maximum Gasteiger partial charge on any atom is 0.224 e. The maximum atomic E-state index is 12.1. The average molecular weight is 321 g/mol. The Morgan fingerprint density at radius 2 is 2.00 bits per heavy atom. The van der Waals surface area contributed by atoms with Crippen molar-refractivity contribution in [3.8, 4) is 0 Å². The number of aryl methyl sites for hydroxylation is 2. The summed E-state index contributed by atoms with van der Waals surface area (Å²) in [4.78, 5) is 16.8. The van der Waals surface area contributed by atoms with Gasteiger partial charge in [0.05, 0.1) is 17.5 Å². The zero-order valence-electron chi connectivity index (χ0n) is 14.2. The van der Waals surface area contributed by atoms with Crippen LogP contribution in [0.5, 0.6) is 0 Å². The third-order valence-electron chi connectivity index (χ3n) is 4.17. The molecule has 0 saturated heterocycles. The Morgan fingerprint density at radius 1 is 1.17 bits per heavy atom. The number of benzene rings is 2. The molecule has 0 aliphatic heterocycles.